The van der Waals surface area contributed by atoms with Gasteiger partial charge in [-0.15, -0.1) is 0 Å². The highest BCUT2D eigenvalue weighted by Crippen LogP contribution is 2.29. The summed E-state index contributed by atoms with van der Waals surface area (Å²) in [5.41, 5.74) is 0.830. The third kappa shape index (κ3) is 3.61. The summed E-state index contributed by atoms with van der Waals surface area (Å²) in [5, 5.41) is 14.9. The van der Waals surface area contributed by atoms with Crippen LogP contribution in [0, 0.1) is 17.0 Å². The highest BCUT2D eigenvalue weighted by atomic mass is 32.2. The third-order valence-electron chi connectivity index (χ3n) is 4.04. The fourth-order valence-corrected chi connectivity index (χ4v) is 4.19. The van der Waals surface area contributed by atoms with E-state index in [-0.39, 0.29) is 30.3 Å². The van der Waals surface area contributed by atoms with E-state index in [0.717, 1.165) is 0 Å². The fraction of sp³-hybridized carbons (Fsp3) is 0.429. The van der Waals surface area contributed by atoms with E-state index in [4.69, 9.17) is 0 Å². The van der Waals surface area contributed by atoms with Gasteiger partial charge in [-0.25, -0.2) is 13.4 Å². The maximum atomic E-state index is 12.4. The van der Waals surface area contributed by atoms with Crippen molar-refractivity contribution in [2.45, 2.75) is 12.7 Å². The molecule has 0 radical (unpaired) electrons. The van der Waals surface area contributed by atoms with Gasteiger partial charge in [-0.05, 0) is 13.0 Å². The summed E-state index contributed by atoms with van der Waals surface area (Å²) in [4.78, 5) is 16.7. The van der Waals surface area contributed by atoms with Gasteiger partial charge in [-0.1, -0.05) is 5.16 Å². The summed E-state index contributed by atoms with van der Waals surface area (Å²) in [6.07, 6.45) is 2.84. The summed E-state index contributed by atoms with van der Waals surface area (Å²) < 4.78 is 30.9. The number of rotatable bonds is 5. The summed E-state index contributed by atoms with van der Waals surface area (Å²) in [6, 6.07) is 3.09. The number of hydrogen-bond acceptors (Lipinski definition) is 8. The van der Waals surface area contributed by atoms with Crippen LogP contribution in [0.2, 0.25) is 0 Å². The van der Waals surface area contributed by atoms with Crippen LogP contribution in [0.25, 0.3) is 0 Å². The lowest BCUT2D eigenvalue weighted by Crippen LogP contribution is -2.49. The van der Waals surface area contributed by atoms with Crippen molar-refractivity contribution in [2.24, 2.45) is 0 Å². The van der Waals surface area contributed by atoms with Gasteiger partial charge in [-0.2, -0.15) is 4.31 Å². The van der Waals surface area contributed by atoms with E-state index in [1.807, 2.05) is 0 Å². The molecule has 0 N–H and O–H groups in total. The Kier molecular flexibility index (Phi) is 4.68. The van der Waals surface area contributed by atoms with E-state index in [9.17, 15) is 18.5 Å². The van der Waals surface area contributed by atoms with Gasteiger partial charge < -0.3 is 9.42 Å². The normalized spacial score (nSPS) is 16.1. The number of anilines is 1. The second-order valence-corrected chi connectivity index (χ2v) is 7.66. The third-order valence-corrected chi connectivity index (χ3v) is 5.85. The molecule has 0 aromatic carbocycles. The number of aryl methyl sites for hydroxylation is 1. The first-order valence-corrected chi connectivity index (χ1v) is 9.21. The largest absolute Gasteiger partial charge is 0.364 e. The van der Waals surface area contributed by atoms with Crippen molar-refractivity contribution in [3.8, 4) is 0 Å². The molecule has 0 saturated carbocycles. The average Bonchev–Trinajstić information content (AvgIpc) is 3.06. The maximum Gasteiger partial charge on any atom is 0.314 e. The molecule has 0 atom stereocenters. The Labute approximate surface area is 144 Å². The summed E-state index contributed by atoms with van der Waals surface area (Å²) in [7, 11) is -3.52. The van der Waals surface area contributed by atoms with Crippen molar-refractivity contribution in [1.82, 2.24) is 14.4 Å². The Hall–Kier alpha value is -2.53. The molecule has 1 aliphatic rings. The van der Waals surface area contributed by atoms with Crippen LogP contribution in [-0.4, -0.2) is 54.0 Å². The number of pyridine rings is 1. The van der Waals surface area contributed by atoms with Gasteiger partial charge in [0.1, 0.15) is 12.0 Å². The Morgan fingerprint density at radius 3 is 2.60 bits per heavy atom. The molecule has 134 valence electrons. The molecule has 1 aliphatic heterocycles. The number of piperazine rings is 1. The van der Waals surface area contributed by atoms with Crippen molar-refractivity contribution in [1.29, 1.82) is 0 Å². The molecule has 10 nitrogen and oxygen atoms in total. The van der Waals surface area contributed by atoms with Crippen molar-refractivity contribution in [3.05, 3.63) is 46.0 Å². The van der Waals surface area contributed by atoms with E-state index in [1.54, 1.807) is 17.9 Å². The first-order valence-electron chi connectivity index (χ1n) is 7.60. The summed E-state index contributed by atoms with van der Waals surface area (Å²) >= 11 is 0. The molecule has 2 aromatic rings. The van der Waals surface area contributed by atoms with Crippen molar-refractivity contribution < 1.29 is 17.9 Å². The minimum atomic E-state index is -3.52. The highest BCUT2D eigenvalue weighted by molar-refractivity contribution is 7.88. The van der Waals surface area contributed by atoms with Crippen LogP contribution in [0.1, 0.15) is 11.3 Å². The van der Waals surface area contributed by atoms with E-state index in [1.165, 1.54) is 22.8 Å². The number of hydrogen-bond donors (Lipinski definition) is 0. The van der Waals surface area contributed by atoms with Crippen molar-refractivity contribution >= 4 is 21.5 Å². The van der Waals surface area contributed by atoms with Gasteiger partial charge in [-0.3, -0.25) is 10.1 Å². The molecule has 3 rings (SSSR count). The van der Waals surface area contributed by atoms with Gasteiger partial charge in [0.25, 0.3) is 0 Å². The van der Waals surface area contributed by atoms with Gasteiger partial charge in [0.05, 0.1) is 10.6 Å². The average molecular weight is 367 g/mol. The monoisotopic (exact) mass is 367 g/mol. The standard InChI is InChI=1S/C14H17N5O5S/c1-11-2-4-15-14(13(11)19(20)21)17-5-7-18(8-6-17)25(22,23)10-12-3-9-24-16-12/h2-4,9H,5-8,10H2,1H3. The first-order chi connectivity index (χ1) is 11.9. The number of sulfonamides is 1. The van der Waals surface area contributed by atoms with E-state index in [2.05, 4.69) is 14.7 Å². The zero-order valence-corrected chi connectivity index (χ0v) is 14.3. The zero-order valence-electron chi connectivity index (χ0n) is 13.5. The topological polar surface area (TPSA) is 123 Å². The van der Waals surface area contributed by atoms with E-state index in [0.29, 0.717) is 24.3 Å². The van der Waals surface area contributed by atoms with Crippen molar-refractivity contribution in [3.63, 3.8) is 0 Å². The molecular formula is C14H17N5O5S. The molecule has 0 aliphatic carbocycles. The highest BCUT2D eigenvalue weighted by Gasteiger charge is 2.31. The minimum Gasteiger partial charge on any atom is -0.364 e. The summed E-state index contributed by atoms with van der Waals surface area (Å²) in [5.74, 6) is 0.0466. The van der Waals surface area contributed by atoms with Gasteiger partial charge in [0, 0.05) is 44.0 Å². The molecule has 0 bridgehead atoms. The summed E-state index contributed by atoms with van der Waals surface area (Å²) in [6.45, 7) is 2.77. The Balaban J connectivity index is 1.72. The molecule has 1 fully saturated rings. The van der Waals surface area contributed by atoms with Crippen LogP contribution < -0.4 is 4.90 Å². The second kappa shape index (κ2) is 6.76. The molecule has 3 heterocycles. The van der Waals surface area contributed by atoms with Crippen LogP contribution in [0.5, 0.6) is 0 Å². The van der Waals surface area contributed by atoms with Gasteiger partial charge in [0.15, 0.2) is 0 Å². The number of aromatic nitrogens is 2. The van der Waals surface area contributed by atoms with Gasteiger partial charge >= 0.3 is 5.69 Å². The van der Waals surface area contributed by atoms with Crippen LogP contribution in [0.4, 0.5) is 11.5 Å². The first kappa shape index (κ1) is 17.3. The van der Waals surface area contributed by atoms with Crippen LogP contribution >= 0.6 is 0 Å². The lowest BCUT2D eigenvalue weighted by atomic mass is 10.2. The molecule has 0 spiro atoms. The molecule has 1 saturated heterocycles. The molecule has 11 heteroatoms. The molecular weight excluding hydrogens is 350 g/mol. The lowest BCUT2D eigenvalue weighted by molar-refractivity contribution is -0.384. The zero-order chi connectivity index (χ0) is 18.0. The van der Waals surface area contributed by atoms with Crippen LogP contribution in [-0.2, 0) is 15.8 Å². The van der Waals surface area contributed by atoms with E-state index < -0.39 is 14.9 Å². The molecule has 0 unspecified atom stereocenters. The molecule has 0 amide bonds. The Morgan fingerprint density at radius 2 is 2.00 bits per heavy atom. The van der Waals surface area contributed by atoms with Crippen LogP contribution in [0.3, 0.4) is 0 Å². The predicted molar refractivity (Wildman–Crippen MR) is 88.5 cm³/mol. The van der Waals surface area contributed by atoms with E-state index >= 15 is 0 Å². The lowest BCUT2D eigenvalue weighted by Gasteiger charge is -2.34. The maximum absolute atomic E-state index is 12.4. The Morgan fingerprint density at radius 1 is 1.28 bits per heavy atom. The Bertz CT molecular complexity index is 860. The molecule has 2 aromatic heterocycles. The smallest absolute Gasteiger partial charge is 0.314 e. The number of nitro groups is 1. The molecule has 25 heavy (non-hydrogen) atoms. The quantitative estimate of drug-likeness (QED) is 0.565. The van der Waals surface area contributed by atoms with Crippen molar-refractivity contribution in [2.75, 3.05) is 31.1 Å². The predicted octanol–water partition coefficient (Wildman–Crippen LogP) is 0.938. The SMILES string of the molecule is Cc1ccnc(N2CCN(S(=O)(=O)Cc3ccon3)CC2)c1[N+](=O)[O-]. The fourth-order valence-electron chi connectivity index (χ4n) is 2.76. The van der Waals surface area contributed by atoms with Crippen LogP contribution in [0.15, 0.2) is 29.1 Å². The second-order valence-electron chi connectivity index (χ2n) is 5.69. The minimum absolute atomic E-state index is 0.0404. The van der Waals surface area contributed by atoms with Gasteiger partial charge in [0.2, 0.25) is 15.8 Å². The number of nitrogens with zero attached hydrogens (tertiary/aromatic N) is 5.